The van der Waals surface area contributed by atoms with Crippen molar-refractivity contribution in [1.29, 1.82) is 0 Å². The van der Waals surface area contributed by atoms with Gasteiger partial charge in [0.25, 0.3) is 0 Å². The van der Waals surface area contributed by atoms with E-state index >= 15 is 0 Å². The monoisotopic (exact) mass is 386 g/mol. The number of carbonyl (C=O) groups excluding carboxylic acids is 1. The quantitative estimate of drug-likeness (QED) is 0.782. The summed E-state index contributed by atoms with van der Waals surface area (Å²) in [6.07, 6.45) is 4.88. The molecule has 7 nitrogen and oxygen atoms in total. The summed E-state index contributed by atoms with van der Waals surface area (Å²) < 4.78 is 24.3. The average Bonchev–Trinajstić information content (AvgIpc) is 2.75. The number of aromatic nitrogens is 2. The van der Waals surface area contributed by atoms with E-state index in [1.807, 2.05) is 11.0 Å². The van der Waals surface area contributed by atoms with Crippen molar-refractivity contribution >= 4 is 11.7 Å². The van der Waals surface area contributed by atoms with Crippen molar-refractivity contribution in [2.45, 2.75) is 25.0 Å². The Morgan fingerprint density at radius 1 is 1.18 bits per heavy atom. The molecule has 1 aromatic carbocycles. The Balaban J connectivity index is 1.30. The summed E-state index contributed by atoms with van der Waals surface area (Å²) in [5.41, 5.74) is 0. The minimum Gasteiger partial charge on any atom is -0.491 e. The normalized spacial score (nSPS) is 21.0. The number of hydrogen-bond donors (Lipinski definition) is 0. The van der Waals surface area contributed by atoms with E-state index in [2.05, 4.69) is 14.9 Å². The molecular formula is C20H23FN4O3. The fraction of sp³-hybridized carbons (Fsp3) is 0.450. The number of carbonyl (C=O) groups is 1. The molecule has 2 fully saturated rings. The van der Waals surface area contributed by atoms with Gasteiger partial charge in [-0.2, -0.15) is 0 Å². The van der Waals surface area contributed by atoms with E-state index in [0.717, 1.165) is 31.7 Å². The highest BCUT2D eigenvalue weighted by atomic mass is 19.1. The lowest BCUT2D eigenvalue weighted by atomic mass is 10.0. The SMILES string of the molecule is O=C1COC(COc2ccc(F)cc2)CN1C1CCN(c2ccncn2)CC1. The number of hydrogen-bond acceptors (Lipinski definition) is 6. The maximum Gasteiger partial charge on any atom is 0.248 e. The van der Waals surface area contributed by atoms with Crippen LogP contribution in [0.25, 0.3) is 0 Å². The molecule has 2 aromatic rings. The largest absolute Gasteiger partial charge is 0.491 e. The predicted molar refractivity (Wildman–Crippen MR) is 101 cm³/mol. The van der Waals surface area contributed by atoms with Crippen LogP contribution in [0.3, 0.4) is 0 Å². The number of nitrogens with zero attached hydrogens (tertiary/aromatic N) is 4. The maximum atomic E-state index is 13.0. The zero-order chi connectivity index (χ0) is 19.3. The van der Waals surface area contributed by atoms with Crippen LogP contribution in [0.2, 0.25) is 0 Å². The zero-order valence-corrected chi connectivity index (χ0v) is 15.5. The highest BCUT2D eigenvalue weighted by Crippen LogP contribution is 2.23. The van der Waals surface area contributed by atoms with E-state index in [1.165, 1.54) is 12.1 Å². The lowest BCUT2D eigenvalue weighted by molar-refractivity contribution is -0.154. The summed E-state index contributed by atoms with van der Waals surface area (Å²) in [6.45, 7) is 2.61. The van der Waals surface area contributed by atoms with Gasteiger partial charge in [-0.05, 0) is 43.2 Å². The molecule has 28 heavy (non-hydrogen) atoms. The van der Waals surface area contributed by atoms with Gasteiger partial charge < -0.3 is 19.3 Å². The van der Waals surface area contributed by atoms with Crippen molar-refractivity contribution in [3.63, 3.8) is 0 Å². The Hall–Kier alpha value is -2.74. The van der Waals surface area contributed by atoms with Crippen LogP contribution < -0.4 is 9.64 Å². The highest BCUT2D eigenvalue weighted by molar-refractivity contribution is 5.78. The Morgan fingerprint density at radius 3 is 2.68 bits per heavy atom. The fourth-order valence-corrected chi connectivity index (χ4v) is 3.70. The Morgan fingerprint density at radius 2 is 1.96 bits per heavy atom. The number of amides is 1. The van der Waals surface area contributed by atoms with Gasteiger partial charge in [0.1, 0.15) is 43.0 Å². The van der Waals surface area contributed by atoms with E-state index in [1.54, 1.807) is 24.7 Å². The molecule has 1 aromatic heterocycles. The van der Waals surface area contributed by atoms with Gasteiger partial charge in [0.05, 0.1) is 6.54 Å². The lowest BCUT2D eigenvalue weighted by Crippen LogP contribution is -2.55. The highest BCUT2D eigenvalue weighted by Gasteiger charge is 2.34. The van der Waals surface area contributed by atoms with E-state index < -0.39 is 0 Å². The minimum atomic E-state index is -0.300. The molecule has 2 saturated heterocycles. The summed E-state index contributed by atoms with van der Waals surface area (Å²) in [7, 11) is 0. The Kier molecular flexibility index (Phi) is 5.66. The van der Waals surface area contributed by atoms with Crippen LogP contribution in [0.15, 0.2) is 42.9 Å². The van der Waals surface area contributed by atoms with E-state index in [9.17, 15) is 9.18 Å². The van der Waals surface area contributed by atoms with Gasteiger partial charge in [-0.25, -0.2) is 14.4 Å². The molecule has 0 bridgehead atoms. The van der Waals surface area contributed by atoms with Gasteiger partial charge in [-0.3, -0.25) is 4.79 Å². The van der Waals surface area contributed by atoms with Crippen LogP contribution in [0, 0.1) is 5.82 Å². The van der Waals surface area contributed by atoms with Crippen LogP contribution >= 0.6 is 0 Å². The number of halogens is 1. The lowest BCUT2D eigenvalue weighted by Gasteiger charge is -2.42. The predicted octanol–water partition coefficient (Wildman–Crippen LogP) is 1.89. The minimum absolute atomic E-state index is 0.0264. The van der Waals surface area contributed by atoms with Crippen LogP contribution in [-0.2, 0) is 9.53 Å². The van der Waals surface area contributed by atoms with Crippen LogP contribution in [0.5, 0.6) is 5.75 Å². The third-order valence-electron chi connectivity index (χ3n) is 5.21. The molecule has 148 valence electrons. The van der Waals surface area contributed by atoms with Crippen molar-refractivity contribution in [2.24, 2.45) is 0 Å². The second kappa shape index (κ2) is 8.52. The third-order valence-corrected chi connectivity index (χ3v) is 5.21. The third kappa shape index (κ3) is 4.39. The number of benzene rings is 1. The summed E-state index contributed by atoms with van der Waals surface area (Å²) >= 11 is 0. The van der Waals surface area contributed by atoms with Gasteiger partial charge >= 0.3 is 0 Å². The molecule has 0 saturated carbocycles. The molecule has 1 unspecified atom stereocenters. The van der Waals surface area contributed by atoms with Gasteiger partial charge in [0, 0.05) is 25.3 Å². The fourth-order valence-electron chi connectivity index (χ4n) is 3.70. The molecule has 0 spiro atoms. The Labute approximate surface area is 163 Å². The number of piperidine rings is 1. The standard InChI is InChI=1S/C20H23FN4O3/c21-15-1-3-17(4-2-15)27-12-18-11-25(20(26)13-28-18)16-6-9-24(10-7-16)19-5-8-22-14-23-19/h1-5,8,14,16,18H,6-7,9-13H2. The first-order valence-corrected chi connectivity index (χ1v) is 9.49. The van der Waals surface area contributed by atoms with Crippen molar-refractivity contribution < 1.29 is 18.7 Å². The van der Waals surface area contributed by atoms with Crippen molar-refractivity contribution in [1.82, 2.24) is 14.9 Å². The average molecular weight is 386 g/mol. The molecule has 2 aliphatic rings. The smallest absolute Gasteiger partial charge is 0.248 e. The molecule has 0 radical (unpaired) electrons. The first-order valence-electron chi connectivity index (χ1n) is 9.49. The second-order valence-electron chi connectivity index (χ2n) is 7.03. The number of rotatable bonds is 5. The van der Waals surface area contributed by atoms with E-state index in [4.69, 9.17) is 9.47 Å². The van der Waals surface area contributed by atoms with Crippen LogP contribution in [0.4, 0.5) is 10.2 Å². The van der Waals surface area contributed by atoms with Gasteiger partial charge in [-0.15, -0.1) is 0 Å². The zero-order valence-electron chi connectivity index (χ0n) is 15.5. The molecule has 0 aliphatic carbocycles. The summed E-state index contributed by atoms with van der Waals surface area (Å²) in [6, 6.07) is 8.00. The molecule has 2 aliphatic heterocycles. The van der Waals surface area contributed by atoms with Gasteiger partial charge in [-0.1, -0.05) is 0 Å². The summed E-state index contributed by atoms with van der Waals surface area (Å²) in [4.78, 5) is 24.8. The van der Waals surface area contributed by atoms with Gasteiger partial charge in [0.15, 0.2) is 0 Å². The second-order valence-corrected chi connectivity index (χ2v) is 7.03. The van der Waals surface area contributed by atoms with Crippen LogP contribution in [0.1, 0.15) is 12.8 Å². The first-order chi connectivity index (χ1) is 13.7. The molecule has 1 amide bonds. The maximum absolute atomic E-state index is 13.0. The number of anilines is 1. The summed E-state index contributed by atoms with van der Waals surface area (Å²) in [5.74, 6) is 1.24. The first kappa shape index (κ1) is 18.6. The summed E-state index contributed by atoms with van der Waals surface area (Å²) in [5, 5.41) is 0. The van der Waals surface area contributed by atoms with Crippen molar-refractivity contribution in [3.05, 3.63) is 48.7 Å². The molecule has 8 heteroatoms. The van der Waals surface area contributed by atoms with E-state index in [-0.39, 0.29) is 30.5 Å². The topological polar surface area (TPSA) is 67.8 Å². The van der Waals surface area contributed by atoms with Crippen molar-refractivity contribution in [3.8, 4) is 5.75 Å². The molecular weight excluding hydrogens is 363 g/mol. The number of morpholine rings is 1. The van der Waals surface area contributed by atoms with Gasteiger partial charge in [0.2, 0.25) is 5.91 Å². The van der Waals surface area contributed by atoms with Crippen molar-refractivity contribution in [2.75, 3.05) is 37.7 Å². The Bertz CT molecular complexity index is 782. The molecule has 4 rings (SSSR count). The van der Waals surface area contributed by atoms with E-state index in [0.29, 0.717) is 18.9 Å². The molecule has 1 atom stereocenters. The molecule has 0 N–H and O–H groups in total. The molecule has 3 heterocycles. The van der Waals surface area contributed by atoms with Crippen LogP contribution in [-0.4, -0.2) is 65.8 Å². The number of ether oxygens (including phenoxy) is 2.